The summed E-state index contributed by atoms with van der Waals surface area (Å²) in [5, 5.41) is 8.16. The van der Waals surface area contributed by atoms with Gasteiger partial charge in [-0.25, -0.2) is 4.79 Å². The predicted octanol–water partition coefficient (Wildman–Crippen LogP) is 0.998. The van der Waals surface area contributed by atoms with Crippen molar-refractivity contribution in [2.24, 2.45) is 11.8 Å². The number of nitrogens with zero attached hydrogens (tertiary/aromatic N) is 1. The lowest BCUT2D eigenvalue weighted by Crippen LogP contribution is -2.27. The summed E-state index contributed by atoms with van der Waals surface area (Å²) in [5.41, 5.74) is 0. The number of halogens is 1. The molecule has 0 aromatic heterocycles. The summed E-state index contributed by atoms with van der Waals surface area (Å²) in [7, 11) is 0. The fourth-order valence-electron chi connectivity index (χ4n) is 1.42. The highest BCUT2D eigenvalue weighted by atomic mass is 35.5. The van der Waals surface area contributed by atoms with Gasteiger partial charge in [-0.1, -0.05) is 6.92 Å². The molecule has 1 saturated heterocycles. The van der Waals surface area contributed by atoms with Gasteiger partial charge in [0, 0.05) is 13.1 Å². The highest BCUT2D eigenvalue weighted by Crippen LogP contribution is 2.24. The monoisotopic (exact) mass is 191 g/mol. The van der Waals surface area contributed by atoms with Gasteiger partial charge in [-0.2, -0.15) is 0 Å². The third-order valence-electron chi connectivity index (χ3n) is 2.17. The van der Waals surface area contributed by atoms with E-state index in [4.69, 9.17) is 16.7 Å². The molecule has 2 unspecified atom stereocenters. The van der Waals surface area contributed by atoms with Gasteiger partial charge in [0.25, 0.3) is 0 Å². The van der Waals surface area contributed by atoms with Crippen LogP contribution in [0.3, 0.4) is 0 Å². The lowest BCUT2D eigenvalue weighted by atomic mass is 10.0. The van der Waals surface area contributed by atoms with E-state index >= 15 is 0 Å². The Balaban J connectivity index is 2.62. The Morgan fingerprint density at radius 1 is 1.50 bits per heavy atom. The number of rotatable bonds is 1. The third kappa shape index (κ3) is 1.69. The molecule has 1 aliphatic heterocycles. The largest absolute Gasteiger partial charge is 0.465 e. The SMILES string of the molecule is CC1CN(C(=O)O)CC1C(=O)Cl. The smallest absolute Gasteiger partial charge is 0.407 e. The second-order valence-corrected chi connectivity index (χ2v) is 3.45. The van der Waals surface area contributed by atoms with Crippen molar-refractivity contribution in [1.82, 2.24) is 4.90 Å². The first-order chi connectivity index (χ1) is 5.52. The maximum Gasteiger partial charge on any atom is 0.407 e. The minimum Gasteiger partial charge on any atom is -0.465 e. The van der Waals surface area contributed by atoms with Crippen molar-refractivity contribution in [2.45, 2.75) is 6.92 Å². The number of carbonyl (C=O) groups is 2. The van der Waals surface area contributed by atoms with E-state index in [0.717, 1.165) is 0 Å². The van der Waals surface area contributed by atoms with Crippen LogP contribution >= 0.6 is 11.6 Å². The summed E-state index contributed by atoms with van der Waals surface area (Å²) in [6, 6.07) is 0. The summed E-state index contributed by atoms with van der Waals surface area (Å²) in [6.07, 6.45) is -0.984. The highest BCUT2D eigenvalue weighted by molar-refractivity contribution is 6.64. The van der Waals surface area contributed by atoms with Gasteiger partial charge in [0.1, 0.15) is 0 Å². The molecule has 0 aromatic carbocycles. The van der Waals surface area contributed by atoms with Crippen LogP contribution < -0.4 is 0 Å². The maximum absolute atomic E-state index is 10.8. The molecule has 12 heavy (non-hydrogen) atoms. The molecule has 0 radical (unpaired) electrons. The van der Waals surface area contributed by atoms with Crippen LogP contribution in [-0.2, 0) is 4.79 Å². The minimum absolute atomic E-state index is 0.0334. The van der Waals surface area contributed by atoms with Gasteiger partial charge in [-0.3, -0.25) is 4.79 Å². The van der Waals surface area contributed by atoms with E-state index in [1.54, 1.807) is 0 Å². The number of carbonyl (C=O) groups excluding carboxylic acids is 1. The maximum atomic E-state index is 10.8. The number of hydrogen-bond donors (Lipinski definition) is 1. The van der Waals surface area contributed by atoms with Crippen LogP contribution in [-0.4, -0.2) is 34.4 Å². The fraction of sp³-hybridized carbons (Fsp3) is 0.714. The van der Waals surface area contributed by atoms with E-state index in [1.165, 1.54) is 4.90 Å². The zero-order valence-electron chi connectivity index (χ0n) is 6.66. The molecule has 68 valence electrons. The van der Waals surface area contributed by atoms with E-state index in [9.17, 15) is 9.59 Å². The van der Waals surface area contributed by atoms with E-state index in [1.807, 2.05) is 6.92 Å². The number of carboxylic acid groups (broad SMARTS) is 1. The lowest BCUT2D eigenvalue weighted by Gasteiger charge is -2.09. The first-order valence-corrected chi connectivity index (χ1v) is 4.07. The van der Waals surface area contributed by atoms with Crippen LogP contribution in [0.4, 0.5) is 4.79 Å². The molecule has 2 atom stereocenters. The predicted molar refractivity (Wildman–Crippen MR) is 43.1 cm³/mol. The summed E-state index contributed by atoms with van der Waals surface area (Å²) in [4.78, 5) is 22.5. The Kier molecular flexibility index (Phi) is 2.57. The Morgan fingerprint density at radius 3 is 2.33 bits per heavy atom. The molecular formula is C7H10ClNO3. The Hall–Kier alpha value is -0.770. The molecule has 0 bridgehead atoms. The topological polar surface area (TPSA) is 57.6 Å². The molecule has 4 nitrogen and oxygen atoms in total. The number of hydrogen-bond acceptors (Lipinski definition) is 2. The van der Waals surface area contributed by atoms with Crippen LogP contribution in [0.5, 0.6) is 0 Å². The van der Waals surface area contributed by atoms with Crippen LogP contribution in [0, 0.1) is 11.8 Å². The molecule has 1 heterocycles. The number of amides is 1. The molecule has 1 fully saturated rings. The summed E-state index contributed by atoms with van der Waals surface area (Å²) >= 11 is 5.29. The minimum atomic E-state index is -0.984. The zero-order chi connectivity index (χ0) is 9.30. The van der Waals surface area contributed by atoms with Gasteiger partial charge in [-0.15, -0.1) is 0 Å². The first-order valence-electron chi connectivity index (χ1n) is 3.69. The molecular weight excluding hydrogens is 182 g/mol. The molecule has 1 rings (SSSR count). The standard InChI is InChI=1S/C7H10ClNO3/c1-4-2-9(7(11)12)3-5(4)6(8)10/h4-5H,2-3H2,1H3,(H,11,12). The molecule has 1 N–H and O–H groups in total. The normalized spacial score (nSPS) is 29.0. The van der Waals surface area contributed by atoms with Gasteiger partial charge >= 0.3 is 6.09 Å². The van der Waals surface area contributed by atoms with Gasteiger partial charge in [0.2, 0.25) is 5.24 Å². The van der Waals surface area contributed by atoms with Crippen molar-refractivity contribution in [1.29, 1.82) is 0 Å². The van der Waals surface area contributed by atoms with Crippen LogP contribution in [0.25, 0.3) is 0 Å². The summed E-state index contributed by atoms with van der Waals surface area (Å²) < 4.78 is 0. The zero-order valence-corrected chi connectivity index (χ0v) is 7.41. The Morgan fingerprint density at radius 2 is 2.08 bits per heavy atom. The molecule has 1 aliphatic rings. The summed E-state index contributed by atoms with van der Waals surface area (Å²) in [6.45, 7) is 2.46. The van der Waals surface area contributed by atoms with E-state index in [2.05, 4.69) is 0 Å². The quantitative estimate of drug-likeness (QED) is 0.629. The molecule has 0 saturated carbocycles. The molecule has 0 aromatic rings. The Labute approximate surface area is 75.1 Å². The first kappa shape index (κ1) is 9.32. The van der Waals surface area contributed by atoms with Crippen molar-refractivity contribution in [3.63, 3.8) is 0 Å². The molecule has 1 amide bonds. The third-order valence-corrected chi connectivity index (χ3v) is 2.45. The molecule has 0 aliphatic carbocycles. The number of likely N-dealkylation sites (tertiary alicyclic amines) is 1. The Bertz CT molecular complexity index is 219. The average Bonchev–Trinajstić information content (AvgIpc) is 2.30. The van der Waals surface area contributed by atoms with Gasteiger partial charge in [-0.05, 0) is 17.5 Å². The van der Waals surface area contributed by atoms with E-state index in [-0.39, 0.29) is 18.4 Å². The molecule has 5 heteroatoms. The van der Waals surface area contributed by atoms with E-state index < -0.39 is 11.3 Å². The van der Waals surface area contributed by atoms with Gasteiger partial charge in [0.15, 0.2) is 0 Å². The van der Waals surface area contributed by atoms with Crippen LogP contribution in [0.15, 0.2) is 0 Å². The van der Waals surface area contributed by atoms with Crippen molar-refractivity contribution < 1.29 is 14.7 Å². The van der Waals surface area contributed by atoms with Gasteiger partial charge in [0.05, 0.1) is 5.92 Å². The van der Waals surface area contributed by atoms with Crippen molar-refractivity contribution in [2.75, 3.05) is 13.1 Å². The summed E-state index contributed by atoms with van der Waals surface area (Å²) in [5.74, 6) is -0.297. The second-order valence-electron chi connectivity index (χ2n) is 3.08. The van der Waals surface area contributed by atoms with Crippen LogP contribution in [0.1, 0.15) is 6.92 Å². The van der Waals surface area contributed by atoms with E-state index in [0.29, 0.717) is 6.54 Å². The lowest BCUT2D eigenvalue weighted by molar-refractivity contribution is -0.115. The van der Waals surface area contributed by atoms with Crippen molar-refractivity contribution >= 4 is 22.9 Å². The second kappa shape index (κ2) is 3.31. The fourth-order valence-corrected chi connectivity index (χ4v) is 1.70. The van der Waals surface area contributed by atoms with Crippen molar-refractivity contribution in [3.05, 3.63) is 0 Å². The van der Waals surface area contributed by atoms with Gasteiger partial charge < -0.3 is 10.0 Å². The van der Waals surface area contributed by atoms with Crippen LogP contribution in [0.2, 0.25) is 0 Å². The van der Waals surface area contributed by atoms with Crippen molar-refractivity contribution in [3.8, 4) is 0 Å². The molecule has 0 spiro atoms. The highest BCUT2D eigenvalue weighted by Gasteiger charge is 2.35. The average molecular weight is 192 g/mol.